The van der Waals surface area contributed by atoms with Gasteiger partial charge >= 0.3 is 0 Å². The lowest BCUT2D eigenvalue weighted by atomic mass is 10.2. The molecule has 1 aliphatic rings. The second kappa shape index (κ2) is 8.62. The van der Waals surface area contributed by atoms with E-state index in [1.807, 2.05) is 0 Å². The molecule has 1 unspecified atom stereocenters. The van der Waals surface area contributed by atoms with Crippen LogP contribution in [0.4, 0.5) is 0 Å². The summed E-state index contributed by atoms with van der Waals surface area (Å²) in [6, 6.07) is 0. The van der Waals surface area contributed by atoms with Crippen molar-refractivity contribution in [3.8, 4) is 0 Å². The Labute approximate surface area is 84.3 Å². The fourth-order valence-corrected chi connectivity index (χ4v) is 0.880. The molecule has 0 bridgehead atoms. The van der Waals surface area contributed by atoms with E-state index in [0.717, 1.165) is 6.54 Å². The van der Waals surface area contributed by atoms with Gasteiger partial charge in [-0.1, -0.05) is 12.7 Å². The van der Waals surface area contributed by atoms with Gasteiger partial charge in [0.25, 0.3) is 0 Å². The number of carbonyl (C=O) groups excluding carboxylic acids is 1. The Kier molecular flexibility index (Phi) is 8.02. The number of rotatable bonds is 3. The van der Waals surface area contributed by atoms with Crippen LogP contribution in [-0.2, 0) is 9.53 Å². The van der Waals surface area contributed by atoms with E-state index in [4.69, 9.17) is 9.84 Å². The lowest BCUT2D eigenvalue weighted by Crippen LogP contribution is -2.42. The summed E-state index contributed by atoms with van der Waals surface area (Å²) in [5.74, 6) is -0.0350. The number of aliphatic hydroxyl groups is 1. The molecule has 1 heterocycles. The lowest BCUT2D eigenvalue weighted by molar-refractivity contribution is -0.126. The summed E-state index contributed by atoms with van der Waals surface area (Å²) in [6.45, 7) is 8.76. The highest BCUT2D eigenvalue weighted by molar-refractivity contribution is 5.93. The first-order valence-corrected chi connectivity index (χ1v) is 4.46. The van der Waals surface area contributed by atoms with Crippen LogP contribution in [0.1, 0.15) is 0 Å². The molecule has 0 aromatic rings. The number of nitrogens with one attached hydrogen (secondary N) is 1. The van der Waals surface area contributed by atoms with Crippen molar-refractivity contribution in [3.63, 3.8) is 0 Å². The van der Waals surface area contributed by atoms with Crippen LogP contribution in [0.15, 0.2) is 25.3 Å². The number of hydrogen-bond donors (Lipinski definition) is 2. The van der Waals surface area contributed by atoms with Gasteiger partial charge < -0.3 is 15.2 Å². The van der Waals surface area contributed by atoms with Gasteiger partial charge in [-0.3, -0.25) is 4.79 Å². The zero-order valence-electron chi connectivity index (χ0n) is 8.24. The highest BCUT2D eigenvalue weighted by Crippen LogP contribution is 1.97. The van der Waals surface area contributed by atoms with Crippen LogP contribution in [-0.4, -0.2) is 43.3 Å². The molecule has 4 nitrogen and oxygen atoms in total. The van der Waals surface area contributed by atoms with Crippen molar-refractivity contribution >= 4 is 5.78 Å². The van der Waals surface area contributed by atoms with Gasteiger partial charge in [-0.2, -0.15) is 0 Å². The Morgan fingerprint density at radius 1 is 1.64 bits per heavy atom. The fourth-order valence-electron chi connectivity index (χ4n) is 0.880. The minimum Gasteiger partial charge on any atom is -0.392 e. The van der Waals surface area contributed by atoms with Crippen LogP contribution in [0.3, 0.4) is 0 Å². The Balaban J connectivity index is 0.000000364. The minimum atomic E-state index is -0.300. The fraction of sp³-hybridized carbons (Fsp3) is 0.500. The molecule has 0 aromatic heterocycles. The molecule has 1 aliphatic heterocycles. The van der Waals surface area contributed by atoms with Crippen molar-refractivity contribution in [2.75, 3.05) is 26.3 Å². The third kappa shape index (κ3) is 5.64. The molecule has 0 aliphatic carbocycles. The number of ether oxygens (including phenoxy) is 1. The Morgan fingerprint density at radius 3 is 2.64 bits per heavy atom. The number of ketones is 1. The van der Waals surface area contributed by atoms with Gasteiger partial charge in [0.15, 0.2) is 5.78 Å². The molecule has 0 spiro atoms. The first-order valence-electron chi connectivity index (χ1n) is 4.46. The molecule has 0 amide bonds. The van der Waals surface area contributed by atoms with Gasteiger partial charge in [0.2, 0.25) is 0 Å². The highest BCUT2D eigenvalue weighted by atomic mass is 16.5. The van der Waals surface area contributed by atoms with E-state index in [0.29, 0.717) is 13.2 Å². The van der Waals surface area contributed by atoms with E-state index in [-0.39, 0.29) is 18.5 Å². The van der Waals surface area contributed by atoms with Crippen molar-refractivity contribution < 1.29 is 14.6 Å². The monoisotopic (exact) mass is 199 g/mol. The molecule has 0 saturated carbocycles. The van der Waals surface area contributed by atoms with Gasteiger partial charge in [0.1, 0.15) is 6.10 Å². The summed E-state index contributed by atoms with van der Waals surface area (Å²) < 4.78 is 5.15. The maximum atomic E-state index is 10.9. The molecule has 4 heteroatoms. The quantitative estimate of drug-likeness (QED) is 0.492. The number of aliphatic hydroxyl groups excluding tert-OH is 1. The Morgan fingerprint density at radius 2 is 2.29 bits per heavy atom. The molecule has 2 N–H and O–H groups in total. The maximum absolute atomic E-state index is 10.9. The van der Waals surface area contributed by atoms with E-state index >= 15 is 0 Å². The first kappa shape index (κ1) is 13.0. The average Bonchev–Trinajstić information content (AvgIpc) is 2.29. The summed E-state index contributed by atoms with van der Waals surface area (Å²) in [6.07, 6.45) is 2.43. The van der Waals surface area contributed by atoms with Crippen molar-refractivity contribution in [3.05, 3.63) is 25.3 Å². The van der Waals surface area contributed by atoms with Crippen LogP contribution in [0.2, 0.25) is 0 Å². The number of carbonyl (C=O) groups is 1. The lowest BCUT2D eigenvalue weighted by Gasteiger charge is -2.20. The third-order valence-electron chi connectivity index (χ3n) is 1.58. The van der Waals surface area contributed by atoms with Gasteiger partial charge in [-0.15, -0.1) is 6.58 Å². The second-order valence-corrected chi connectivity index (χ2v) is 2.64. The van der Waals surface area contributed by atoms with E-state index in [1.54, 1.807) is 0 Å². The van der Waals surface area contributed by atoms with E-state index in [1.165, 1.54) is 12.2 Å². The summed E-state index contributed by atoms with van der Waals surface area (Å²) in [7, 11) is 0. The topological polar surface area (TPSA) is 58.6 Å². The molecular weight excluding hydrogens is 182 g/mol. The zero-order valence-corrected chi connectivity index (χ0v) is 8.24. The average molecular weight is 199 g/mol. The van der Waals surface area contributed by atoms with Crippen molar-refractivity contribution in [1.82, 2.24) is 5.32 Å². The molecular formula is C10H17NO3. The number of morpholine rings is 1. The summed E-state index contributed by atoms with van der Waals surface area (Å²) in [5, 5.41) is 10.8. The molecule has 1 atom stereocenters. The molecule has 1 fully saturated rings. The van der Waals surface area contributed by atoms with Gasteiger partial charge in [0, 0.05) is 13.1 Å². The molecule has 1 saturated heterocycles. The predicted octanol–water partition coefficient (Wildman–Crippen LogP) is -0.105. The summed E-state index contributed by atoms with van der Waals surface area (Å²) in [5.41, 5.74) is 0. The van der Waals surface area contributed by atoms with Crippen molar-refractivity contribution in [2.24, 2.45) is 0 Å². The van der Waals surface area contributed by atoms with Crippen molar-refractivity contribution in [1.29, 1.82) is 0 Å². The normalized spacial score (nSPS) is 20.2. The second-order valence-electron chi connectivity index (χ2n) is 2.64. The molecule has 1 rings (SSSR count). The zero-order chi connectivity index (χ0) is 10.8. The van der Waals surface area contributed by atoms with E-state index < -0.39 is 0 Å². The molecule has 0 radical (unpaired) electrons. The van der Waals surface area contributed by atoms with Crippen LogP contribution in [0.5, 0.6) is 0 Å². The van der Waals surface area contributed by atoms with E-state index in [9.17, 15) is 4.79 Å². The van der Waals surface area contributed by atoms with Gasteiger partial charge in [0.05, 0.1) is 13.2 Å². The molecule has 80 valence electrons. The maximum Gasteiger partial charge on any atom is 0.185 e. The smallest absolute Gasteiger partial charge is 0.185 e. The van der Waals surface area contributed by atoms with Gasteiger partial charge in [-0.05, 0) is 6.08 Å². The van der Waals surface area contributed by atoms with E-state index in [2.05, 4.69) is 18.5 Å². The van der Waals surface area contributed by atoms with Crippen LogP contribution < -0.4 is 5.32 Å². The van der Waals surface area contributed by atoms with Crippen LogP contribution in [0, 0.1) is 0 Å². The standard InChI is InChI=1S/C7H11NO2.C3H6O/c1-2-6(9)7-5-8-3-4-10-7;1-2-3-4/h2,7-8H,1,3-5H2;2,4H,1,3H2. The Bertz CT molecular complexity index is 186. The molecule has 14 heavy (non-hydrogen) atoms. The largest absolute Gasteiger partial charge is 0.392 e. The van der Waals surface area contributed by atoms with Crippen LogP contribution in [0.25, 0.3) is 0 Å². The summed E-state index contributed by atoms with van der Waals surface area (Å²) >= 11 is 0. The predicted molar refractivity (Wildman–Crippen MR) is 55.1 cm³/mol. The highest BCUT2D eigenvalue weighted by Gasteiger charge is 2.18. The Hall–Kier alpha value is -0.970. The van der Waals surface area contributed by atoms with Crippen LogP contribution >= 0.6 is 0 Å². The number of hydrogen-bond acceptors (Lipinski definition) is 4. The van der Waals surface area contributed by atoms with Crippen molar-refractivity contribution in [2.45, 2.75) is 6.10 Å². The molecule has 0 aromatic carbocycles. The van der Waals surface area contributed by atoms with Gasteiger partial charge in [-0.25, -0.2) is 0 Å². The SMILES string of the molecule is C=CC(=O)C1CNCCO1.C=CCO. The third-order valence-corrected chi connectivity index (χ3v) is 1.58. The minimum absolute atomic E-state index is 0.0350. The first-order chi connectivity index (χ1) is 6.76. The summed E-state index contributed by atoms with van der Waals surface area (Å²) in [4.78, 5) is 10.9.